The number of benzene rings is 1. The van der Waals surface area contributed by atoms with Crippen LogP contribution in [0.3, 0.4) is 0 Å². The van der Waals surface area contributed by atoms with Crippen LogP contribution in [0.15, 0.2) is 23.1 Å². The lowest BCUT2D eigenvalue weighted by Crippen LogP contribution is -2.01. The number of unbranched alkanes of at least 4 members (excludes halogenated alkanes) is 1. The lowest BCUT2D eigenvalue weighted by atomic mass is 9.98. The molecule has 0 aliphatic carbocycles. The molecule has 15 heavy (non-hydrogen) atoms. The highest BCUT2D eigenvalue weighted by atomic mass is 32.1. The Morgan fingerprint density at radius 1 is 1.20 bits per heavy atom. The van der Waals surface area contributed by atoms with Gasteiger partial charge in [-0.1, -0.05) is 25.5 Å². The van der Waals surface area contributed by atoms with E-state index < -0.39 is 0 Å². The van der Waals surface area contributed by atoms with Crippen LogP contribution in [0, 0.1) is 0 Å². The van der Waals surface area contributed by atoms with Crippen molar-refractivity contribution in [3.63, 3.8) is 0 Å². The van der Waals surface area contributed by atoms with Crippen molar-refractivity contribution in [1.29, 1.82) is 0 Å². The van der Waals surface area contributed by atoms with Gasteiger partial charge in [0.1, 0.15) is 0 Å². The average Bonchev–Trinajstić information content (AvgIpc) is 2.23. The molecule has 1 rings (SSSR count). The molecule has 0 bridgehead atoms. The second-order valence-corrected chi connectivity index (χ2v) is 4.39. The number of nitrogens with two attached hydrogens (primary N) is 1. The van der Waals surface area contributed by atoms with Gasteiger partial charge in [-0.3, -0.25) is 0 Å². The fourth-order valence-corrected chi connectivity index (χ4v) is 2.20. The second-order valence-electron chi connectivity index (χ2n) is 3.91. The summed E-state index contributed by atoms with van der Waals surface area (Å²) in [7, 11) is 0. The van der Waals surface area contributed by atoms with Crippen LogP contribution < -0.4 is 5.73 Å². The fourth-order valence-electron chi connectivity index (χ4n) is 1.85. The molecule has 1 nitrogen and oxygen atoms in total. The number of hydrogen-bond acceptors (Lipinski definition) is 2. The van der Waals surface area contributed by atoms with Crippen LogP contribution in [0.2, 0.25) is 0 Å². The molecule has 0 saturated heterocycles. The van der Waals surface area contributed by atoms with E-state index in [2.05, 4.69) is 37.8 Å². The number of aryl methyl sites for hydroxylation is 1. The summed E-state index contributed by atoms with van der Waals surface area (Å²) >= 11 is 4.52. The molecular formula is C13H21NS. The molecule has 0 atom stereocenters. The maximum absolute atomic E-state index is 5.50. The van der Waals surface area contributed by atoms with Crippen molar-refractivity contribution < 1.29 is 0 Å². The third-order valence-electron chi connectivity index (χ3n) is 2.65. The topological polar surface area (TPSA) is 26.0 Å². The van der Waals surface area contributed by atoms with Crippen LogP contribution in [0.1, 0.15) is 37.3 Å². The van der Waals surface area contributed by atoms with E-state index in [0.29, 0.717) is 0 Å². The minimum atomic E-state index is 0.795. The van der Waals surface area contributed by atoms with Crippen LogP contribution in [0.5, 0.6) is 0 Å². The summed E-state index contributed by atoms with van der Waals surface area (Å²) in [6.45, 7) is 3.01. The second kappa shape index (κ2) is 6.91. The molecular weight excluding hydrogens is 202 g/mol. The van der Waals surface area contributed by atoms with E-state index in [4.69, 9.17) is 5.73 Å². The predicted molar refractivity (Wildman–Crippen MR) is 69.7 cm³/mol. The Hall–Kier alpha value is -0.470. The Bertz CT molecular complexity index is 297. The van der Waals surface area contributed by atoms with Gasteiger partial charge in [0.25, 0.3) is 0 Å². The molecule has 2 heteroatoms. The van der Waals surface area contributed by atoms with Gasteiger partial charge in [-0.05, 0) is 49.4 Å². The van der Waals surface area contributed by atoms with Gasteiger partial charge in [-0.25, -0.2) is 0 Å². The molecule has 0 amide bonds. The van der Waals surface area contributed by atoms with Gasteiger partial charge < -0.3 is 5.73 Å². The van der Waals surface area contributed by atoms with E-state index in [-0.39, 0.29) is 0 Å². The molecule has 0 radical (unpaired) electrons. The zero-order chi connectivity index (χ0) is 11.1. The Morgan fingerprint density at radius 3 is 2.67 bits per heavy atom. The summed E-state index contributed by atoms with van der Waals surface area (Å²) < 4.78 is 0. The molecule has 1 aromatic rings. The summed E-state index contributed by atoms with van der Waals surface area (Å²) in [6.07, 6.45) is 5.76. The summed E-state index contributed by atoms with van der Waals surface area (Å²) in [4.78, 5) is 1.14. The highest BCUT2D eigenvalue weighted by Gasteiger charge is 2.04. The van der Waals surface area contributed by atoms with E-state index in [1.165, 1.54) is 24.0 Å². The maximum Gasteiger partial charge on any atom is 0.00747 e. The van der Waals surface area contributed by atoms with Gasteiger partial charge in [0, 0.05) is 4.90 Å². The smallest absolute Gasteiger partial charge is 0.00747 e. The van der Waals surface area contributed by atoms with Gasteiger partial charge in [0.15, 0.2) is 0 Å². The van der Waals surface area contributed by atoms with Crippen LogP contribution >= 0.6 is 12.6 Å². The van der Waals surface area contributed by atoms with E-state index in [1.54, 1.807) is 0 Å². The summed E-state index contributed by atoms with van der Waals surface area (Å²) in [5, 5.41) is 0. The molecule has 0 aliphatic rings. The van der Waals surface area contributed by atoms with Crippen molar-refractivity contribution in [2.75, 3.05) is 6.54 Å². The zero-order valence-electron chi connectivity index (χ0n) is 9.50. The van der Waals surface area contributed by atoms with Crippen LogP contribution in [0.25, 0.3) is 0 Å². The summed E-state index contributed by atoms with van der Waals surface area (Å²) in [5.74, 6) is 0. The minimum absolute atomic E-state index is 0.795. The first-order chi connectivity index (χ1) is 7.29. The van der Waals surface area contributed by atoms with Crippen LogP contribution in [-0.2, 0) is 12.8 Å². The zero-order valence-corrected chi connectivity index (χ0v) is 10.4. The molecule has 1 aromatic carbocycles. The number of hydrogen-bond donors (Lipinski definition) is 2. The van der Waals surface area contributed by atoms with Crippen molar-refractivity contribution in [3.8, 4) is 0 Å². The predicted octanol–water partition coefficient (Wildman–Crippen LogP) is 3.21. The maximum atomic E-state index is 5.50. The van der Waals surface area contributed by atoms with Crippen molar-refractivity contribution in [2.45, 2.75) is 43.9 Å². The molecule has 0 spiro atoms. The van der Waals surface area contributed by atoms with Gasteiger partial charge in [0.05, 0.1) is 0 Å². The molecule has 84 valence electrons. The first-order valence-electron chi connectivity index (χ1n) is 5.79. The quantitative estimate of drug-likeness (QED) is 0.562. The summed E-state index contributed by atoms with van der Waals surface area (Å²) in [5.41, 5.74) is 8.39. The Kier molecular flexibility index (Phi) is 5.81. The van der Waals surface area contributed by atoms with Crippen LogP contribution in [-0.4, -0.2) is 6.54 Å². The molecule has 0 saturated carbocycles. The molecule has 0 aromatic heterocycles. The average molecular weight is 223 g/mol. The van der Waals surface area contributed by atoms with Crippen molar-refractivity contribution >= 4 is 12.6 Å². The molecule has 0 fully saturated rings. The van der Waals surface area contributed by atoms with Gasteiger partial charge >= 0.3 is 0 Å². The SMILES string of the molecule is CCCc1c(S)cccc1CCCCN. The van der Waals surface area contributed by atoms with E-state index >= 15 is 0 Å². The van der Waals surface area contributed by atoms with E-state index in [1.807, 2.05) is 0 Å². The molecule has 0 aliphatic heterocycles. The standard InChI is InChI=1S/C13H21NS/c1-2-6-12-11(7-3-4-10-14)8-5-9-13(12)15/h5,8-9,15H,2-4,6-7,10,14H2,1H3. The Labute approximate surface area is 98.5 Å². The van der Waals surface area contributed by atoms with Crippen LogP contribution in [0.4, 0.5) is 0 Å². The normalized spacial score (nSPS) is 10.6. The monoisotopic (exact) mass is 223 g/mol. The molecule has 2 N–H and O–H groups in total. The van der Waals surface area contributed by atoms with Gasteiger partial charge in [-0.15, -0.1) is 12.6 Å². The molecule has 0 heterocycles. The van der Waals surface area contributed by atoms with Gasteiger partial charge in [0.2, 0.25) is 0 Å². The van der Waals surface area contributed by atoms with E-state index in [0.717, 1.165) is 30.7 Å². The lowest BCUT2D eigenvalue weighted by Gasteiger charge is -2.11. The lowest BCUT2D eigenvalue weighted by molar-refractivity contribution is 0.734. The van der Waals surface area contributed by atoms with Crippen molar-refractivity contribution in [3.05, 3.63) is 29.3 Å². The van der Waals surface area contributed by atoms with Crippen molar-refractivity contribution in [2.24, 2.45) is 5.73 Å². The summed E-state index contributed by atoms with van der Waals surface area (Å²) in [6, 6.07) is 6.40. The Morgan fingerprint density at radius 2 is 2.00 bits per heavy atom. The third kappa shape index (κ3) is 3.88. The minimum Gasteiger partial charge on any atom is -0.330 e. The van der Waals surface area contributed by atoms with Gasteiger partial charge in [-0.2, -0.15) is 0 Å². The Balaban J connectivity index is 2.71. The molecule has 0 unspecified atom stereocenters. The first-order valence-corrected chi connectivity index (χ1v) is 6.24. The largest absolute Gasteiger partial charge is 0.330 e. The fraction of sp³-hybridized carbons (Fsp3) is 0.538. The first kappa shape index (κ1) is 12.6. The van der Waals surface area contributed by atoms with Crippen molar-refractivity contribution in [1.82, 2.24) is 0 Å². The third-order valence-corrected chi connectivity index (χ3v) is 3.07. The number of rotatable bonds is 6. The number of thiol groups is 1. The highest BCUT2D eigenvalue weighted by molar-refractivity contribution is 7.80. The highest BCUT2D eigenvalue weighted by Crippen LogP contribution is 2.21. The van der Waals surface area contributed by atoms with E-state index in [9.17, 15) is 0 Å².